The number of nitrogens with zero attached hydrogens (tertiary/aromatic N) is 1. The number of Topliss-reactive ketones (excluding diaryl/α,β-unsaturated/α-hetero) is 1. The molecule has 5 rings (SSSR count). The molecular formula is C20H14Br2N4O. The number of nitrogens with one attached hydrogen (secondary N) is 3. The number of hydrogen-bond donors (Lipinski definition) is 3. The summed E-state index contributed by atoms with van der Waals surface area (Å²) in [5.41, 5.74) is 3.73. The van der Waals surface area contributed by atoms with E-state index in [0.29, 0.717) is 17.9 Å². The third-order valence-electron chi connectivity index (χ3n) is 4.90. The van der Waals surface area contributed by atoms with E-state index in [1.165, 1.54) is 0 Å². The summed E-state index contributed by atoms with van der Waals surface area (Å²) in [5, 5.41) is 5.34. The van der Waals surface area contributed by atoms with Gasteiger partial charge in [-0.05, 0) is 24.3 Å². The molecule has 1 aliphatic rings. The third kappa shape index (κ3) is 2.82. The van der Waals surface area contributed by atoms with E-state index in [0.717, 1.165) is 36.3 Å². The SMILES string of the molecule is O=C(C1=NC[C@H](c2c[nH]c3cc(Br)ccc23)N1)c1c[nH]c2cc(Br)ccc12. The van der Waals surface area contributed by atoms with Crippen molar-refractivity contribution >= 4 is 65.3 Å². The number of carbonyl (C=O) groups is 1. The van der Waals surface area contributed by atoms with Crippen molar-refractivity contribution < 1.29 is 4.79 Å². The first kappa shape index (κ1) is 16.8. The van der Waals surface area contributed by atoms with Crippen LogP contribution in [0.25, 0.3) is 21.8 Å². The van der Waals surface area contributed by atoms with E-state index in [2.05, 4.69) is 58.2 Å². The topological polar surface area (TPSA) is 73.0 Å². The van der Waals surface area contributed by atoms with Crippen molar-refractivity contribution in [1.29, 1.82) is 0 Å². The Bertz CT molecular complexity index is 1240. The normalized spacial score (nSPS) is 16.7. The van der Waals surface area contributed by atoms with Gasteiger partial charge in [-0.15, -0.1) is 0 Å². The number of aromatic nitrogens is 2. The third-order valence-corrected chi connectivity index (χ3v) is 5.88. The second kappa shape index (κ2) is 6.35. The van der Waals surface area contributed by atoms with E-state index in [9.17, 15) is 4.79 Å². The molecule has 0 bridgehead atoms. The minimum absolute atomic E-state index is 0.0155. The van der Waals surface area contributed by atoms with Gasteiger partial charge >= 0.3 is 0 Å². The highest BCUT2D eigenvalue weighted by Gasteiger charge is 2.27. The molecule has 0 saturated heterocycles. The van der Waals surface area contributed by atoms with E-state index < -0.39 is 0 Å². The number of benzene rings is 2. The van der Waals surface area contributed by atoms with Gasteiger partial charge in [0.15, 0.2) is 5.84 Å². The lowest BCUT2D eigenvalue weighted by Crippen LogP contribution is -2.29. The Balaban J connectivity index is 1.43. The highest BCUT2D eigenvalue weighted by molar-refractivity contribution is 9.10. The van der Waals surface area contributed by atoms with Crippen LogP contribution in [0.3, 0.4) is 0 Å². The summed E-state index contributed by atoms with van der Waals surface area (Å²) in [6.07, 6.45) is 3.74. The van der Waals surface area contributed by atoms with Crippen molar-refractivity contribution in [3.8, 4) is 0 Å². The van der Waals surface area contributed by atoms with Gasteiger partial charge in [-0.25, -0.2) is 0 Å². The van der Waals surface area contributed by atoms with Crippen molar-refractivity contribution in [2.45, 2.75) is 6.04 Å². The maximum absolute atomic E-state index is 13.0. The molecule has 4 aromatic rings. The molecule has 2 aromatic heterocycles. The van der Waals surface area contributed by atoms with Gasteiger partial charge in [-0.3, -0.25) is 9.79 Å². The predicted molar refractivity (Wildman–Crippen MR) is 115 cm³/mol. The summed E-state index contributed by atoms with van der Waals surface area (Å²) in [5.74, 6) is 0.323. The van der Waals surface area contributed by atoms with Gasteiger partial charge in [-0.2, -0.15) is 0 Å². The zero-order valence-corrected chi connectivity index (χ0v) is 17.2. The van der Waals surface area contributed by atoms with E-state index >= 15 is 0 Å². The number of carbonyl (C=O) groups excluding carboxylic acids is 1. The standard InChI is InChI=1S/C20H14Br2N4O/c21-10-1-3-12-14(7-23-16(12)5-10)18-9-25-20(26-18)19(27)15-8-24-17-6-11(22)2-4-13(15)17/h1-8,18,23-24H,9H2,(H,25,26)/t18-/m1/s1. The summed E-state index contributed by atoms with van der Waals surface area (Å²) in [4.78, 5) is 23.9. The summed E-state index contributed by atoms with van der Waals surface area (Å²) in [6, 6.07) is 12.0. The zero-order valence-electron chi connectivity index (χ0n) is 14.0. The molecule has 2 aromatic carbocycles. The van der Waals surface area contributed by atoms with Crippen molar-refractivity contribution in [3.63, 3.8) is 0 Å². The Morgan fingerprint density at radius 3 is 2.41 bits per heavy atom. The average Bonchev–Trinajstić information content (AvgIpc) is 3.37. The first-order valence-corrected chi connectivity index (χ1v) is 10.1. The lowest BCUT2D eigenvalue weighted by atomic mass is 10.1. The Labute approximate surface area is 171 Å². The highest BCUT2D eigenvalue weighted by atomic mass is 79.9. The minimum Gasteiger partial charge on any atom is -0.361 e. The molecule has 0 aliphatic carbocycles. The summed E-state index contributed by atoms with van der Waals surface area (Å²) in [7, 11) is 0. The molecule has 0 radical (unpaired) electrons. The van der Waals surface area contributed by atoms with Crippen molar-refractivity contribution in [3.05, 3.63) is 68.9 Å². The maximum atomic E-state index is 13.0. The molecule has 0 unspecified atom stereocenters. The fraction of sp³-hybridized carbons (Fsp3) is 0.100. The van der Waals surface area contributed by atoms with Crippen LogP contribution in [0.1, 0.15) is 22.0 Å². The van der Waals surface area contributed by atoms with E-state index in [-0.39, 0.29) is 11.8 Å². The predicted octanol–water partition coefficient (Wildman–Crippen LogP) is 5.10. The monoisotopic (exact) mass is 484 g/mol. The van der Waals surface area contributed by atoms with Crippen LogP contribution in [0.2, 0.25) is 0 Å². The van der Waals surface area contributed by atoms with Crippen molar-refractivity contribution in [2.75, 3.05) is 6.54 Å². The molecule has 27 heavy (non-hydrogen) atoms. The molecule has 0 fully saturated rings. The molecule has 5 nitrogen and oxygen atoms in total. The molecule has 0 saturated carbocycles. The lowest BCUT2D eigenvalue weighted by molar-refractivity contribution is 0.106. The van der Waals surface area contributed by atoms with Gasteiger partial charge in [0.05, 0.1) is 18.2 Å². The molecule has 1 atom stereocenters. The van der Waals surface area contributed by atoms with Gasteiger partial charge in [-0.1, -0.05) is 44.0 Å². The minimum atomic E-state index is -0.0892. The number of ketones is 1. The van der Waals surface area contributed by atoms with Gasteiger partial charge < -0.3 is 15.3 Å². The van der Waals surface area contributed by atoms with Crippen LogP contribution in [-0.2, 0) is 0 Å². The Morgan fingerprint density at radius 2 is 1.63 bits per heavy atom. The molecule has 0 amide bonds. The number of H-pyrrole nitrogens is 2. The smallest absolute Gasteiger partial charge is 0.229 e. The first-order valence-electron chi connectivity index (χ1n) is 8.49. The Hall–Kier alpha value is -2.38. The second-order valence-corrected chi connectivity index (χ2v) is 8.37. The van der Waals surface area contributed by atoms with Crippen LogP contribution in [0, 0.1) is 0 Å². The number of halogens is 2. The van der Waals surface area contributed by atoms with E-state index in [1.807, 2.05) is 36.5 Å². The van der Waals surface area contributed by atoms with Crippen LogP contribution in [0.5, 0.6) is 0 Å². The Kier molecular flexibility index (Phi) is 3.94. The Morgan fingerprint density at radius 1 is 0.963 bits per heavy atom. The lowest BCUT2D eigenvalue weighted by Gasteiger charge is -2.10. The first-order chi connectivity index (χ1) is 13.1. The van der Waals surface area contributed by atoms with Crippen molar-refractivity contribution in [2.24, 2.45) is 4.99 Å². The van der Waals surface area contributed by atoms with Crippen LogP contribution in [0.15, 0.2) is 62.7 Å². The quantitative estimate of drug-likeness (QED) is 0.353. The van der Waals surface area contributed by atoms with E-state index in [4.69, 9.17) is 0 Å². The fourth-order valence-electron chi connectivity index (χ4n) is 3.58. The average molecular weight is 486 g/mol. The molecule has 1 aliphatic heterocycles. The zero-order chi connectivity index (χ0) is 18.5. The molecule has 0 spiro atoms. The highest BCUT2D eigenvalue weighted by Crippen LogP contribution is 2.29. The van der Waals surface area contributed by atoms with Crippen LogP contribution < -0.4 is 5.32 Å². The number of rotatable bonds is 3. The summed E-state index contributed by atoms with van der Waals surface area (Å²) >= 11 is 6.94. The fourth-order valence-corrected chi connectivity index (χ4v) is 4.30. The number of fused-ring (bicyclic) bond motifs is 2. The van der Waals surface area contributed by atoms with Gasteiger partial charge in [0.2, 0.25) is 5.78 Å². The number of aliphatic imine (C=N–C) groups is 1. The van der Waals surface area contributed by atoms with Gasteiger partial charge in [0.1, 0.15) is 0 Å². The molecule has 134 valence electrons. The summed E-state index contributed by atoms with van der Waals surface area (Å²) in [6.45, 7) is 0.540. The number of aromatic amines is 2. The van der Waals surface area contributed by atoms with Crippen LogP contribution in [0.4, 0.5) is 0 Å². The number of amidine groups is 1. The maximum Gasteiger partial charge on any atom is 0.229 e. The molecule has 3 N–H and O–H groups in total. The van der Waals surface area contributed by atoms with Gasteiger partial charge in [0, 0.05) is 48.7 Å². The van der Waals surface area contributed by atoms with Crippen LogP contribution >= 0.6 is 31.9 Å². The van der Waals surface area contributed by atoms with Crippen LogP contribution in [-0.4, -0.2) is 28.1 Å². The second-order valence-electron chi connectivity index (χ2n) is 6.54. The largest absolute Gasteiger partial charge is 0.361 e. The summed E-state index contributed by atoms with van der Waals surface area (Å²) < 4.78 is 2.00. The van der Waals surface area contributed by atoms with E-state index in [1.54, 1.807) is 6.20 Å². The molecule has 7 heteroatoms. The molecule has 3 heterocycles. The van der Waals surface area contributed by atoms with Crippen molar-refractivity contribution in [1.82, 2.24) is 15.3 Å². The molecular weight excluding hydrogens is 472 g/mol. The van der Waals surface area contributed by atoms with Gasteiger partial charge in [0.25, 0.3) is 0 Å². The number of hydrogen-bond acceptors (Lipinski definition) is 3.